The number of rotatable bonds is 0. The van der Waals surface area contributed by atoms with E-state index in [1.54, 1.807) is 0 Å². The van der Waals surface area contributed by atoms with E-state index in [9.17, 15) is 61.5 Å². The minimum absolute atomic E-state index is 5.14. The molecule has 3 atom stereocenters. The zero-order valence-electron chi connectivity index (χ0n) is 10.4. The van der Waals surface area contributed by atoms with Crippen molar-refractivity contribution in [3.8, 4) is 0 Å². The molecule has 0 aromatic heterocycles. The average Bonchev–Trinajstić information content (AvgIpc) is 2.38. The Bertz CT molecular complexity index is 579. The normalized spacial score (nSPS) is 54.8. The molecule has 0 aromatic carbocycles. The van der Waals surface area contributed by atoms with Crippen LogP contribution >= 0.6 is 0 Å². The lowest BCUT2D eigenvalue weighted by Crippen LogP contribution is -3.03. The Hall–Kier alpha value is -0.980. The summed E-state index contributed by atoms with van der Waals surface area (Å²) < 4.78 is 192. The molecule has 4 fully saturated rings. The van der Waals surface area contributed by atoms with Crippen LogP contribution in [0.4, 0.5) is 61.5 Å². The van der Waals surface area contributed by atoms with Gasteiger partial charge < -0.3 is 0 Å². The molecule has 4 saturated carbocycles. The highest BCUT2D eigenvalue weighted by molar-refractivity contribution is 5.47. The summed E-state index contributed by atoms with van der Waals surface area (Å²) in [5.41, 5.74) is -21.0. The lowest BCUT2D eigenvalue weighted by Gasteiger charge is -2.70. The fourth-order valence-electron chi connectivity index (χ4n) is 3.77. The van der Waals surface area contributed by atoms with Gasteiger partial charge in [-0.2, -0.15) is 26.3 Å². The Morgan fingerprint density at radius 3 is 1.04 bits per heavy atom. The van der Waals surface area contributed by atoms with Crippen LogP contribution in [-0.4, -0.2) is 52.8 Å². The predicted octanol–water partition coefficient (Wildman–Crippen LogP) is 4.28. The molecule has 140 valence electrons. The number of alkyl halides is 14. The van der Waals surface area contributed by atoms with Gasteiger partial charge in [0.05, 0.1) is 0 Å². The molecule has 0 saturated heterocycles. The van der Waals surface area contributed by atoms with Crippen LogP contribution in [0.25, 0.3) is 0 Å². The van der Waals surface area contributed by atoms with E-state index in [1.807, 2.05) is 0 Å². The molecule has 0 radical (unpaired) electrons. The first-order valence-electron chi connectivity index (χ1n) is 5.87. The Labute approximate surface area is 121 Å². The second-order valence-corrected chi connectivity index (χ2v) is 5.88. The van der Waals surface area contributed by atoms with Crippen LogP contribution in [0.2, 0.25) is 0 Å². The molecule has 0 nitrogen and oxygen atoms in total. The maximum absolute atomic E-state index is 14.0. The Kier molecular flexibility index (Phi) is 2.57. The van der Waals surface area contributed by atoms with Crippen LogP contribution in [0, 0.1) is 5.92 Å². The van der Waals surface area contributed by atoms with E-state index in [-0.39, 0.29) is 0 Å². The molecular weight excluding hydrogens is 386 g/mol. The summed E-state index contributed by atoms with van der Waals surface area (Å²) in [6.07, 6.45) is -5.24. The number of hydrogen-bond donors (Lipinski definition) is 0. The van der Waals surface area contributed by atoms with Gasteiger partial charge >= 0.3 is 41.0 Å². The minimum atomic E-state index is -7.47. The van der Waals surface area contributed by atoms with Gasteiger partial charge in [0, 0.05) is 0 Å². The summed E-state index contributed by atoms with van der Waals surface area (Å²) in [5, 5.41) is 0. The molecule has 0 aliphatic heterocycles. The molecule has 4 aliphatic rings. The van der Waals surface area contributed by atoms with Crippen LogP contribution in [0.15, 0.2) is 0 Å². The van der Waals surface area contributed by atoms with Gasteiger partial charge in [0.1, 0.15) is 5.92 Å². The lowest BCUT2D eigenvalue weighted by molar-refractivity contribution is -0.563. The molecule has 4 bridgehead atoms. The molecule has 24 heavy (non-hydrogen) atoms. The molecule has 0 heterocycles. The van der Waals surface area contributed by atoms with Crippen molar-refractivity contribution in [3.63, 3.8) is 0 Å². The third-order valence-corrected chi connectivity index (χ3v) is 5.02. The Morgan fingerprint density at radius 2 is 0.750 bits per heavy atom. The van der Waals surface area contributed by atoms with Gasteiger partial charge in [-0.05, 0) is 0 Å². The summed E-state index contributed by atoms with van der Waals surface area (Å²) in [6.45, 7) is 0. The molecule has 14 heteroatoms. The van der Waals surface area contributed by atoms with Crippen LogP contribution in [0.3, 0.4) is 0 Å². The topological polar surface area (TPSA) is 0 Å². The van der Waals surface area contributed by atoms with Gasteiger partial charge in [0.2, 0.25) is 0 Å². The summed E-state index contributed by atoms with van der Waals surface area (Å²) in [7, 11) is 0. The average molecular weight is 388 g/mol. The van der Waals surface area contributed by atoms with Crippen molar-refractivity contribution < 1.29 is 61.5 Å². The second-order valence-electron chi connectivity index (χ2n) is 5.88. The van der Waals surface area contributed by atoms with Crippen molar-refractivity contribution in [3.05, 3.63) is 0 Å². The van der Waals surface area contributed by atoms with Crippen molar-refractivity contribution in [2.24, 2.45) is 5.92 Å². The highest BCUT2D eigenvalue weighted by Crippen LogP contribution is 2.84. The van der Waals surface area contributed by atoms with E-state index >= 15 is 0 Å². The van der Waals surface area contributed by atoms with Crippen LogP contribution in [-0.2, 0) is 0 Å². The molecule has 0 N–H and O–H groups in total. The molecule has 0 spiro atoms. The zero-order valence-corrected chi connectivity index (χ0v) is 10.4. The maximum Gasteiger partial charge on any atom is 0.339 e. The van der Waals surface area contributed by atoms with E-state index in [0.717, 1.165) is 0 Å². The highest BCUT2D eigenvalue weighted by Gasteiger charge is 3.15. The Morgan fingerprint density at radius 1 is 0.458 bits per heavy atom. The van der Waals surface area contributed by atoms with Gasteiger partial charge in [-0.15, -0.1) is 0 Å². The second kappa shape index (κ2) is 3.46. The van der Waals surface area contributed by atoms with Gasteiger partial charge in [0.25, 0.3) is 5.67 Å². The first kappa shape index (κ1) is 17.8. The molecule has 0 aromatic rings. The van der Waals surface area contributed by atoms with Gasteiger partial charge in [-0.1, -0.05) is 0 Å². The fourth-order valence-corrected chi connectivity index (χ4v) is 3.77. The van der Waals surface area contributed by atoms with Crippen LogP contribution in [0.5, 0.6) is 0 Å². The minimum Gasteiger partial charge on any atom is -0.243 e. The van der Waals surface area contributed by atoms with E-state index < -0.39 is 58.7 Å². The third kappa shape index (κ3) is 0.974. The summed E-state index contributed by atoms with van der Waals surface area (Å²) in [6, 6.07) is 0. The zero-order chi connectivity index (χ0) is 19.2. The fraction of sp³-hybridized carbons (Fsp3) is 1.00. The molecule has 0 amide bonds. The monoisotopic (exact) mass is 388 g/mol. The number of halogens is 14. The predicted molar refractivity (Wildman–Crippen MR) is 44.6 cm³/mol. The quantitative estimate of drug-likeness (QED) is 0.544. The molecule has 3 unspecified atom stereocenters. The smallest absolute Gasteiger partial charge is 0.243 e. The number of hydrogen-bond acceptors (Lipinski definition) is 0. The van der Waals surface area contributed by atoms with E-state index in [4.69, 9.17) is 0 Å². The summed E-state index contributed by atoms with van der Waals surface area (Å²) in [5.74, 6) is -40.6. The summed E-state index contributed by atoms with van der Waals surface area (Å²) >= 11 is 0. The highest BCUT2D eigenvalue weighted by atomic mass is 19.3. The molecular formula is C10H2F14. The SMILES string of the molecule is FC1C2C(F)(F)C3(F)C(F)(F)C1(F)C(F)(F)C(F)(C2(F)F)C3(F)F. The third-order valence-electron chi connectivity index (χ3n) is 5.02. The maximum atomic E-state index is 14.0. The first-order chi connectivity index (χ1) is 10.3. The standard InChI is InChI=1S/C10H2F14/c11-2-1-4(13,14)6(17)8(19,20)3(2,12)9(21,22)7(18,5(1,15)16)10(6,23)24/h1-2H. The van der Waals surface area contributed by atoms with Crippen molar-refractivity contribution >= 4 is 0 Å². The van der Waals surface area contributed by atoms with Crippen molar-refractivity contribution in [1.29, 1.82) is 0 Å². The molecule has 4 aliphatic carbocycles. The van der Waals surface area contributed by atoms with Crippen LogP contribution < -0.4 is 0 Å². The van der Waals surface area contributed by atoms with E-state index in [2.05, 4.69) is 0 Å². The van der Waals surface area contributed by atoms with Gasteiger partial charge in [0.15, 0.2) is 6.17 Å². The van der Waals surface area contributed by atoms with Crippen LogP contribution in [0.1, 0.15) is 0 Å². The van der Waals surface area contributed by atoms with Gasteiger partial charge in [-0.25, -0.2) is 35.1 Å². The lowest BCUT2D eigenvalue weighted by atomic mass is 9.43. The first-order valence-corrected chi connectivity index (χ1v) is 5.87. The largest absolute Gasteiger partial charge is 0.339 e. The van der Waals surface area contributed by atoms with Gasteiger partial charge in [-0.3, -0.25) is 0 Å². The molecule has 4 rings (SSSR count). The van der Waals surface area contributed by atoms with Crippen molar-refractivity contribution in [1.82, 2.24) is 0 Å². The Balaban J connectivity index is 2.58. The van der Waals surface area contributed by atoms with E-state index in [1.165, 1.54) is 0 Å². The van der Waals surface area contributed by atoms with Crippen molar-refractivity contribution in [2.45, 2.75) is 52.8 Å². The summed E-state index contributed by atoms with van der Waals surface area (Å²) in [4.78, 5) is 0. The van der Waals surface area contributed by atoms with E-state index in [0.29, 0.717) is 0 Å². The van der Waals surface area contributed by atoms with Crippen molar-refractivity contribution in [2.75, 3.05) is 0 Å².